The molecule has 0 fully saturated rings. The number of nitrogens with zero attached hydrogens (tertiary/aromatic N) is 7. The van der Waals surface area contributed by atoms with Crippen molar-refractivity contribution in [2.45, 2.75) is 58.9 Å². The number of hydrogen-bond acceptors (Lipinski definition) is 6. The molecule has 8 heteroatoms. The van der Waals surface area contributed by atoms with Crippen LogP contribution in [0, 0.1) is 0 Å². The van der Waals surface area contributed by atoms with Gasteiger partial charge in [0.05, 0.1) is 0 Å². The van der Waals surface area contributed by atoms with Gasteiger partial charge in [-0.05, 0) is 34.9 Å². The van der Waals surface area contributed by atoms with Gasteiger partial charge in [-0.15, -0.1) is 5.10 Å². The van der Waals surface area contributed by atoms with E-state index in [1.165, 1.54) is 0 Å². The first kappa shape index (κ1) is 20.8. The standard InChI is InChI=1S/C23H28N8/c1-3-5-11-21-25-22(31(28-21)14-6-4-2)15-18-13-12-17(16-24-18)19-9-7-8-10-20(19)23-26-29-30-27-23/h7-10,12-13,16H,3-6,11,14-15H2,1-2H3,(H,26,27,29,30). The SMILES string of the molecule is CCCCc1nc(Cc2ccc(-c3ccccc3-c3nnn[nH]3)cn2)n(CCCC)n1. The predicted molar refractivity (Wildman–Crippen MR) is 119 cm³/mol. The van der Waals surface area contributed by atoms with Crippen molar-refractivity contribution in [1.29, 1.82) is 0 Å². The Kier molecular flexibility index (Phi) is 6.76. The highest BCUT2D eigenvalue weighted by molar-refractivity contribution is 5.79. The monoisotopic (exact) mass is 416 g/mol. The number of benzene rings is 1. The van der Waals surface area contributed by atoms with Crippen molar-refractivity contribution in [3.63, 3.8) is 0 Å². The van der Waals surface area contributed by atoms with Gasteiger partial charge in [0.15, 0.2) is 11.6 Å². The minimum atomic E-state index is 0.642. The van der Waals surface area contributed by atoms with E-state index < -0.39 is 0 Å². The van der Waals surface area contributed by atoms with Crippen LogP contribution < -0.4 is 0 Å². The van der Waals surface area contributed by atoms with Gasteiger partial charge in [0, 0.05) is 42.4 Å². The highest BCUT2D eigenvalue weighted by Crippen LogP contribution is 2.29. The van der Waals surface area contributed by atoms with Gasteiger partial charge in [-0.3, -0.25) is 4.98 Å². The molecule has 3 aromatic heterocycles. The van der Waals surface area contributed by atoms with Crippen molar-refractivity contribution < 1.29 is 0 Å². The summed E-state index contributed by atoms with van der Waals surface area (Å²) >= 11 is 0. The van der Waals surface area contributed by atoms with Crippen LogP contribution in [-0.4, -0.2) is 40.4 Å². The van der Waals surface area contributed by atoms with Crippen LogP contribution in [0.5, 0.6) is 0 Å². The summed E-state index contributed by atoms with van der Waals surface area (Å²) in [6.45, 7) is 5.29. The van der Waals surface area contributed by atoms with Gasteiger partial charge in [-0.1, -0.05) is 57.0 Å². The van der Waals surface area contributed by atoms with Gasteiger partial charge < -0.3 is 0 Å². The molecule has 31 heavy (non-hydrogen) atoms. The van der Waals surface area contributed by atoms with Crippen molar-refractivity contribution in [2.24, 2.45) is 0 Å². The minimum Gasteiger partial charge on any atom is -0.260 e. The number of pyridine rings is 1. The number of unbranched alkanes of at least 4 members (excludes halogenated alkanes) is 2. The third-order valence-electron chi connectivity index (χ3n) is 5.27. The van der Waals surface area contributed by atoms with E-state index in [1.54, 1.807) is 0 Å². The molecule has 160 valence electrons. The summed E-state index contributed by atoms with van der Waals surface area (Å²) in [6, 6.07) is 12.2. The smallest absolute Gasteiger partial charge is 0.180 e. The Balaban J connectivity index is 1.55. The molecule has 4 aromatic rings. The Bertz CT molecular complexity index is 1080. The summed E-state index contributed by atoms with van der Waals surface area (Å²) < 4.78 is 2.07. The number of aromatic amines is 1. The molecule has 8 nitrogen and oxygen atoms in total. The summed E-state index contributed by atoms with van der Waals surface area (Å²) in [7, 11) is 0. The number of aromatic nitrogens is 8. The van der Waals surface area contributed by atoms with E-state index in [0.29, 0.717) is 12.2 Å². The lowest BCUT2D eigenvalue weighted by molar-refractivity contribution is 0.544. The fourth-order valence-electron chi connectivity index (χ4n) is 3.55. The molecule has 0 unspecified atom stereocenters. The molecule has 0 atom stereocenters. The zero-order valence-electron chi connectivity index (χ0n) is 18.1. The van der Waals surface area contributed by atoms with Crippen molar-refractivity contribution in [2.75, 3.05) is 0 Å². The highest BCUT2D eigenvalue weighted by atomic mass is 15.5. The minimum absolute atomic E-state index is 0.642. The van der Waals surface area contributed by atoms with Crippen LogP contribution in [0.1, 0.15) is 56.9 Å². The molecule has 1 aromatic carbocycles. The molecule has 0 radical (unpaired) electrons. The van der Waals surface area contributed by atoms with Crippen LogP contribution in [0.2, 0.25) is 0 Å². The van der Waals surface area contributed by atoms with Gasteiger partial charge in [-0.2, -0.15) is 5.10 Å². The summed E-state index contributed by atoms with van der Waals surface area (Å²) in [5.41, 5.74) is 3.98. The van der Waals surface area contributed by atoms with E-state index in [0.717, 1.165) is 72.7 Å². The maximum Gasteiger partial charge on any atom is 0.180 e. The third-order valence-corrected chi connectivity index (χ3v) is 5.27. The summed E-state index contributed by atoms with van der Waals surface area (Å²) in [4.78, 5) is 9.53. The second kappa shape index (κ2) is 10.1. The number of tetrazole rings is 1. The van der Waals surface area contributed by atoms with E-state index in [-0.39, 0.29) is 0 Å². The Morgan fingerprint density at radius 1 is 0.968 bits per heavy atom. The summed E-state index contributed by atoms with van der Waals surface area (Å²) in [6.07, 6.45) is 8.01. The van der Waals surface area contributed by atoms with Gasteiger partial charge >= 0.3 is 0 Å². The molecule has 0 aliphatic carbocycles. The number of H-pyrrole nitrogens is 1. The van der Waals surface area contributed by atoms with Crippen LogP contribution >= 0.6 is 0 Å². The van der Waals surface area contributed by atoms with Crippen molar-refractivity contribution in [3.8, 4) is 22.5 Å². The lowest BCUT2D eigenvalue weighted by atomic mass is 10.0. The second-order valence-corrected chi connectivity index (χ2v) is 7.63. The molecular formula is C23H28N8. The quantitative estimate of drug-likeness (QED) is 0.415. The first-order chi connectivity index (χ1) is 15.3. The molecule has 0 aliphatic rings. The maximum absolute atomic E-state index is 4.81. The zero-order chi connectivity index (χ0) is 21.5. The fourth-order valence-corrected chi connectivity index (χ4v) is 3.55. The Morgan fingerprint density at radius 3 is 2.52 bits per heavy atom. The van der Waals surface area contributed by atoms with E-state index in [9.17, 15) is 0 Å². The molecule has 3 heterocycles. The molecule has 0 amide bonds. The molecular weight excluding hydrogens is 388 g/mol. The van der Waals surface area contributed by atoms with E-state index in [4.69, 9.17) is 15.1 Å². The average molecular weight is 417 g/mol. The Morgan fingerprint density at radius 2 is 1.81 bits per heavy atom. The number of nitrogens with one attached hydrogen (secondary N) is 1. The predicted octanol–water partition coefficient (Wildman–Crippen LogP) is 4.25. The Labute approximate surface area is 182 Å². The van der Waals surface area contributed by atoms with Crippen LogP contribution in [-0.2, 0) is 19.4 Å². The molecule has 4 rings (SSSR count). The normalized spacial score (nSPS) is 11.2. The van der Waals surface area contributed by atoms with Gasteiger partial charge in [0.25, 0.3) is 0 Å². The Hall–Kier alpha value is -3.42. The molecule has 0 saturated heterocycles. The van der Waals surface area contributed by atoms with Crippen molar-refractivity contribution in [1.82, 2.24) is 40.4 Å². The summed E-state index contributed by atoms with van der Waals surface area (Å²) in [5, 5.41) is 19.0. The molecule has 0 spiro atoms. The lowest BCUT2D eigenvalue weighted by Gasteiger charge is -2.08. The van der Waals surface area contributed by atoms with E-state index in [2.05, 4.69) is 57.4 Å². The first-order valence-corrected chi connectivity index (χ1v) is 11.0. The lowest BCUT2D eigenvalue weighted by Crippen LogP contribution is -2.07. The first-order valence-electron chi connectivity index (χ1n) is 11.0. The molecule has 1 N–H and O–H groups in total. The summed E-state index contributed by atoms with van der Waals surface area (Å²) in [5.74, 6) is 2.58. The van der Waals surface area contributed by atoms with E-state index >= 15 is 0 Å². The third kappa shape index (κ3) is 5.02. The van der Waals surface area contributed by atoms with Crippen LogP contribution in [0.15, 0.2) is 42.6 Å². The maximum atomic E-state index is 4.81. The molecule has 0 bridgehead atoms. The van der Waals surface area contributed by atoms with Gasteiger partial charge in [0.1, 0.15) is 5.82 Å². The highest BCUT2D eigenvalue weighted by Gasteiger charge is 2.13. The van der Waals surface area contributed by atoms with Crippen molar-refractivity contribution >= 4 is 0 Å². The largest absolute Gasteiger partial charge is 0.260 e. The van der Waals surface area contributed by atoms with Crippen LogP contribution in [0.3, 0.4) is 0 Å². The van der Waals surface area contributed by atoms with Crippen LogP contribution in [0.4, 0.5) is 0 Å². The topological polar surface area (TPSA) is 98.1 Å². The number of rotatable bonds is 10. The zero-order valence-corrected chi connectivity index (χ0v) is 18.1. The number of aryl methyl sites for hydroxylation is 2. The van der Waals surface area contributed by atoms with Gasteiger partial charge in [-0.25, -0.2) is 14.8 Å². The van der Waals surface area contributed by atoms with Gasteiger partial charge in [0.2, 0.25) is 0 Å². The fraction of sp³-hybridized carbons (Fsp3) is 0.391. The van der Waals surface area contributed by atoms with Crippen LogP contribution in [0.25, 0.3) is 22.5 Å². The second-order valence-electron chi connectivity index (χ2n) is 7.63. The average Bonchev–Trinajstić information content (AvgIpc) is 3.47. The van der Waals surface area contributed by atoms with Crippen molar-refractivity contribution in [3.05, 3.63) is 59.9 Å². The number of hydrogen-bond donors (Lipinski definition) is 1. The van der Waals surface area contributed by atoms with E-state index in [1.807, 2.05) is 24.4 Å². The molecule has 0 aliphatic heterocycles. The molecule has 0 saturated carbocycles.